The molecular formula is C25H26ClN5O3. The first-order chi connectivity index (χ1) is 16.6. The van der Waals surface area contributed by atoms with E-state index in [0.29, 0.717) is 42.5 Å². The van der Waals surface area contributed by atoms with E-state index in [0.717, 1.165) is 42.8 Å². The van der Waals surface area contributed by atoms with Gasteiger partial charge in [0, 0.05) is 61.3 Å². The molecule has 4 heterocycles. The van der Waals surface area contributed by atoms with Crippen molar-refractivity contribution in [2.45, 2.75) is 32.4 Å². The molecule has 0 atom stereocenters. The first-order valence-electron chi connectivity index (χ1n) is 11.5. The maximum Gasteiger partial charge on any atom is 0.274 e. The molecule has 0 saturated carbocycles. The fourth-order valence-electron chi connectivity index (χ4n) is 4.50. The SMILES string of the molecule is O=C(COc1ccc(Cl)cc1)N1CCc2c(c(C(=O)N3CCCC3)nn2Cc2ccncc2)C1. The Balaban J connectivity index is 1.36. The topological polar surface area (TPSA) is 80.6 Å². The van der Waals surface area contributed by atoms with E-state index < -0.39 is 0 Å². The van der Waals surface area contributed by atoms with Crippen LogP contribution >= 0.6 is 11.6 Å². The fraction of sp³-hybridized carbons (Fsp3) is 0.360. The third-order valence-corrected chi connectivity index (χ3v) is 6.59. The van der Waals surface area contributed by atoms with Gasteiger partial charge < -0.3 is 14.5 Å². The molecule has 2 amide bonds. The zero-order valence-corrected chi connectivity index (χ0v) is 19.6. The smallest absolute Gasteiger partial charge is 0.274 e. The number of rotatable bonds is 6. The summed E-state index contributed by atoms with van der Waals surface area (Å²) in [5, 5.41) is 5.36. The number of hydrogen-bond acceptors (Lipinski definition) is 5. The quantitative estimate of drug-likeness (QED) is 0.542. The molecule has 0 radical (unpaired) electrons. The number of carbonyl (C=O) groups is 2. The van der Waals surface area contributed by atoms with Crippen molar-refractivity contribution in [3.8, 4) is 5.75 Å². The van der Waals surface area contributed by atoms with E-state index in [-0.39, 0.29) is 18.4 Å². The van der Waals surface area contributed by atoms with Gasteiger partial charge in [0.05, 0.1) is 6.54 Å². The fourth-order valence-corrected chi connectivity index (χ4v) is 4.63. The van der Waals surface area contributed by atoms with E-state index in [1.807, 2.05) is 21.7 Å². The highest BCUT2D eigenvalue weighted by Crippen LogP contribution is 2.26. The Morgan fingerprint density at radius 3 is 2.44 bits per heavy atom. The summed E-state index contributed by atoms with van der Waals surface area (Å²) in [5.74, 6) is 0.418. The zero-order chi connectivity index (χ0) is 23.5. The van der Waals surface area contributed by atoms with Gasteiger partial charge in [0.1, 0.15) is 5.75 Å². The van der Waals surface area contributed by atoms with Gasteiger partial charge in [-0.3, -0.25) is 19.3 Å². The average Bonchev–Trinajstić information content (AvgIpc) is 3.52. The largest absolute Gasteiger partial charge is 0.484 e. The molecular weight excluding hydrogens is 454 g/mol. The number of carbonyl (C=O) groups excluding carboxylic acids is 2. The predicted molar refractivity (Wildman–Crippen MR) is 127 cm³/mol. The Labute approximate surface area is 203 Å². The van der Waals surface area contributed by atoms with Gasteiger partial charge >= 0.3 is 0 Å². The second-order valence-corrected chi connectivity index (χ2v) is 9.03. The van der Waals surface area contributed by atoms with E-state index in [2.05, 4.69) is 4.98 Å². The minimum Gasteiger partial charge on any atom is -0.484 e. The van der Waals surface area contributed by atoms with Gasteiger partial charge in [0.15, 0.2) is 12.3 Å². The maximum absolute atomic E-state index is 13.3. The van der Waals surface area contributed by atoms with Crippen LogP contribution in [0.2, 0.25) is 5.02 Å². The number of aromatic nitrogens is 3. The number of halogens is 1. The highest BCUT2D eigenvalue weighted by Gasteiger charge is 2.32. The summed E-state index contributed by atoms with van der Waals surface area (Å²) in [4.78, 5) is 33.9. The van der Waals surface area contributed by atoms with Gasteiger partial charge in [-0.1, -0.05) is 11.6 Å². The van der Waals surface area contributed by atoms with Gasteiger partial charge in [-0.15, -0.1) is 0 Å². The maximum atomic E-state index is 13.3. The first-order valence-corrected chi connectivity index (χ1v) is 11.9. The summed E-state index contributed by atoms with van der Waals surface area (Å²) >= 11 is 5.91. The molecule has 2 aliphatic heterocycles. The Morgan fingerprint density at radius 1 is 0.971 bits per heavy atom. The predicted octanol–water partition coefficient (Wildman–Crippen LogP) is 3.18. The van der Waals surface area contributed by atoms with Crippen LogP contribution < -0.4 is 4.74 Å². The molecule has 1 fully saturated rings. The summed E-state index contributed by atoms with van der Waals surface area (Å²) in [6, 6.07) is 10.8. The van der Waals surface area contributed by atoms with Crippen molar-refractivity contribution in [3.05, 3.63) is 76.3 Å². The van der Waals surface area contributed by atoms with Crippen molar-refractivity contribution in [1.82, 2.24) is 24.6 Å². The normalized spacial score (nSPS) is 15.3. The van der Waals surface area contributed by atoms with Crippen molar-refractivity contribution in [2.75, 3.05) is 26.2 Å². The summed E-state index contributed by atoms with van der Waals surface area (Å²) < 4.78 is 7.57. The number of fused-ring (bicyclic) bond motifs is 1. The summed E-state index contributed by atoms with van der Waals surface area (Å²) in [6.45, 7) is 2.90. The summed E-state index contributed by atoms with van der Waals surface area (Å²) in [5.41, 5.74) is 3.39. The lowest BCUT2D eigenvalue weighted by molar-refractivity contribution is -0.134. The standard InChI is InChI=1S/C25H26ClN5O3/c26-19-3-5-20(6-4-19)34-17-23(32)30-14-9-22-21(16-30)24(25(33)29-12-1-2-13-29)28-31(22)15-18-7-10-27-11-8-18/h3-8,10-11H,1-2,9,12-17H2. The van der Waals surface area contributed by atoms with E-state index in [1.54, 1.807) is 41.6 Å². The lowest BCUT2D eigenvalue weighted by Gasteiger charge is -2.28. The highest BCUT2D eigenvalue weighted by molar-refractivity contribution is 6.30. The lowest BCUT2D eigenvalue weighted by Crippen LogP contribution is -2.40. The van der Waals surface area contributed by atoms with Crippen molar-refractivity contribution in [2.24, 2.45) is 0 Å². The molecule has 3 aromatic rings. The zero-order valence-electron chi connectivity index (χ0n) is 18.8. The van der Waals surface area contributed by atoms with Crippen LogP contribution in [0.25, 0.3) is 0 Å². The molecule has 0 bridgehead atoms. The summed E-state index contributed by atoms with van der Waals surface area (Å²) in [6.07, 6.45) is 6.16. The molecule has 0 aliphatic carbocycles. The molecule has 34 heavy (non-hydrogen) atoms. The van der Waals surface area contributed by atoms with Crippen LogP contribution in [0.15, 0.2) is 48.8 Å². The summed E-state index contributed by atoms with van der Waals surface area (Å²) in [7, 11) is 0. The number of ether oxygens (including phenoxy) is 1. The van der Waals surface area contributed by atoms with Crippen LogP contribution in [-0.4, -0.2) is 62.6 Å². The van der Waals surface area contributed by atoms with E-state index in [1.165, 1.54) is 0 Å². The van der Waals surface area contributed by atoms with Crippen LogP contribution in [-0.2, 0) is 24.3 Å². The number of nitrogens with zero attached hydrogens (tertiary/aromatic N) is 5. The van der Waals surface area contributed by atoms with Gasteiger partial charge in [-0.05, 0) is 54.8 Å². The van der Waals surface area contributed by atoms with E-state index in [4.69, 9.17) is 21.4 Å². The van der Waals surface area contributed by atoms with Crippen LogP contribution in [0.3, 0.4) is 0 Å². The van der Waals surface area contributed by atoms with E-state index >= 15 is 0 Å². The Morgan fingerprint density at radius 2 is 1.71 bits per heavy atom. The molecule has 1 saturated heterocycles. The van der Waals surface area contributed by atoms with Crippen molar-refractivity contribution in [1.29, 1.82) is 0 Å². The monoisotopic (exact) mass is 479 g/mol. The molecule has 0 unspecified atom stereocenters. The average molecular weight is 480 g/mol. The van der Waals surface area contributed by atoms with Crippen LogP contribution in [0.1, 0.15) is 40.2 Å². The van der Waals surface area contributed by atoms with Crippen molar-refractivity contribution >= 4 is 23.4 Å². The Kier molecular flexibility index (Phi) is 6.49. The molecule has 1 aromatic carbocycles. The third-order valence-electron chi connectivity index (χ3n) is 6.34. The minimum absolute atomic E-state index is 0.0473. The molecule has 8 nitrogen and oxygen atoms in total. The third kappa shape index (κ3) is 4.77. The number of hydrogen-bond donors (Lipinski definition) is 0. The molecule has 2 aliphatic rings. The van der Waals surface area contributed by atoms with Gasteiger partial charge in [0.2, 0.25) is 0 Å². The number of benzene rings is 1. The molecule has 9 heteroatoms. The Bertz CT molecular complexity index is 1170. The first kappa shape index (κ1) is 22.4. The number of amides is 2. The second-order valence-electron chi connectivity index (χ2n) is 8.59. The highest BCUT2D eigenvalue weighted by atomic mass is 35.5. The van der Waals surface area contributed by atoms with Crippen LogP contribution in [0.5, 0.6) is 5.75 Å². The number of pyridine rings is 1. The lowest BCUT2D eigenvalue weighted by atomic mass is 10.0. The molecule has 0 spiro atoms. The van der Waals surface area contributed by atoms with Gasteiger partial charge in [0.25, 0.3) is 11.8 Å². The molecule has 5 rings (SSSR count). The molecule has 2 aromatic heterocycles. The van der Waals surface area contributed by atoms with Crippen molar-refractivity contribution in [3.63, 3.8) is 0 Å². The van der Waals surface area contributed by atoms with Gasteiger partial charge in [-0.25, -0.2) is 0 Å². The number of likely N-dealkylation sites (tertiary alicyclic amines) is 1. The van der Waals surface area contributed by atoms with Crippen molar-refractivity contribution < 1.29 is 14.3 Å². The van der Waals surface area contributed by atoms with Crippen LogP contribution in [0.4, 0.5) is 0 Å². The second kappa shape index (κ2) is 9.85. The van der Waals surface area contributed by atoms with E-state index in [9.17, 15) is 9.59 Å². The van der Waals surface area contributed by atoms with Crippen LogP contribution in [0, 0.1) is 0 Å². The minimum atomic E-state index is -0.123. The van der Waals surface area contributed by atoms with Gasteiger partial charge in [-0.2, -0.15) is 5.10 Å². The molecule has 0 N–H and O–H groups in total. The molecule has 176 valence electrons. The Hall–Kier alpha value is -3.39.